The Morgan fingerprint density at radius 2 is 0.912 bits per heavy atom. The molecule has 0 aliphatic heterocycles. The van der Waals surface area contributed by atoms with Crippen LogP contribution in [0.1, 0.15) is 78.6 Å². The van der Waals surface area contributed by atoms with Crippen molar-refractivity contribution in [3.8, 4) is 0 Å². The van der Waals surface area contributed by atoms with Crippen molar-refractivity contribution in [2.24, 2.45) is 4.99 Å². The van der Waals surface area contributed by atoms with Crippen LogP contribution in [0.4, 0.5) is 0 Å². The SMILES string of the molecule is CC(=O)N(C)CCCCCN=C(NCCCCCN(C)C(C)=O)NCCCCCN(C)C(C)=O. The van der Waals surface area contributed by atoms with Crippen LogP contribution in [0.2, 0.25) is 0 Å². The Balaban J connectivity index is 4.26. The second-order valence-electron chi connectivity index (χ2n) is 9.09. The maximum atomic E-state index is 11.3. The number of unbranched alkanes of at least 4 members (excludes halogenated alkanes) is 6. The first kappa shape index (κ1) is 31.7. The summed E-state index contributed by atoms with van der Waals surface area (Å²) in [6.45, 7) is 9.63. The first-order chi connectivity index (χ1) is 16.1. The van der Waals surface area contributed by atoms with Crippen LogP contribution >= 0.6 is 0 Å². The van der Waals surface area contributed by atoms with Crippen LogP contribution in [0.3, 0.4) is 0 Å². The summed E-state index contributed by atoms with van der Waals surface area (Å²) in [5, 5.41) is 6.86. The van der Waals surface area contributed by atoms with E-state index in [0.717, 1.165) is 103 Å². The largest absolute Gasteiger partial charge is 0.356 e. The molecule has 0 aromatic rings. The molecular weight excluding hydrogens is 432 g/mol. The van der Waals surface area contributed by atoms with E-state index in [1.165, 1.54) is 0 Å². The summed E-state index contributed by atoms with van der Waals surface area (Å²) in [5.74, 6) is 1.17. The van der Waals surface area contributed by atoms with Gasteiger partial charge in [0, 0.05) is 81.2 Å². The molecule has 0 aromatic heterocycles. The minimum absolute atomic E-state index is 0.106. The Kier molecular flexibility index (Phi) is 18.7. The van der Waals surface area contributed by atoms with Gasteiger partial charge in [-0.1, -0.05) is 0 Å². The van der Waals surface area contributed by atoms with Gasteiger partial charge >= 0.3 is 0 Å². The zero-order valence-electron chi connectivity index (χ0n) is 22.6. The molecule has 0 fully saturated rings. The lowest BCUT2D eigenvalue weighted by Crippen LogP contribution is -2.38. The van der Waals surface area contributed by atoms with E-state index in [-0.39, 0.29) is 17.7 Å². The molecule has 3 amide bonds. The average molecular weight is 483 g/mol. The summed E-state index contributed by atoms with van der Waals surface area (Å²) in [6.07, 6.45) is 9.21. The van der Waals surface area contributed by atoms with Gasteiger partial charge in [-0.2, -0.15) is 0 Å². The van der Waals surface area contributed by atoms with Gasteiger partial charge in [0.1, 0.15) is 0 Å². The second-order valence-corrected chi connectivity index (χ2v) is 9.09. The maximum absolute atomic E-state index is 11.3. The van der Waals surface area contributed by atoms with E-state index in [0.29, 0.717) is 0 Å². The molecule has 34 heavy (non-hydrogen) atoms. The van der Waals surface area contributed by atoms with Gasteiger partial charge in [-0.25, -0.2) is 0 Å². The molecule has 9 heteroatoms. The summed E-state index contributed by atoms with van der Waals surface area (Å²) < 4.78 is 0. The summed E-state index contributed by atoms with van der Waals surface area (Å²) in [4.78, 5) is 43.8. The van der Waals surface area contributed by atoms with E-state index in [1.54, 1.807) is 35.5 Å². The zero-order valence-corrected chi connectivity index (χ0v) is 22.6. The fraction of sp³-hybridized carbons (Fsp3) is 0.840. The zero-order chi connectivity index (χ0) is 25.8. The molecule has 0 aliphatic carbocycles. The van der Waals surface area contributed by atoms with Gasteiger partial charge in [0.05, 0.1) is 0 Å². The summed E-state index contributed by atoms with van der Waals surface area (Å²) in [5.41, 5.74) is 0. The van der Waals surface area contributed by atoms with Gasteiger partial charge in [0.2, 0.25) is 17.7 Å². The van der Waals surface area contributed by atoms with E-state index in [1.807, 2.05) is 21.1 Å². The number of amides is 3. The quantitative estimate of drug-likeness (QED) is 0.178. The fourth-order valence-corrected chi connectivity index (χ4v) is 3.19. The number of guanidine groups is 1. The summed E-state index contributed by atoms with van der Waals surface area (Å²) >= 11 is 0. The van der Waals surface area contributed by atoms with Crippen LogP contribution in [0.5, 0.6) is 0 Å². The van der Waals surface area contributed by atoms with Crippen LogP contribution in [-0.2, 0) is 14.4 Å². The van der Waals surface area contributed by atoms with Gasteiger partial charge in [-0.15, -0.1) is 0 Å². The highest BCUT2D eigenvalue weighted by atomic mass is 16.2. The standard InChI is InChI=1S/C25H50N6O3/c1-22(32)29(4)19-13-7-10-16-26-25(27-17-11-8-14-20-30(5)23(2)33)28-18-12-9-15-21-31(6)24(3)34/h7-21H2,1-6H3,(H2,26,27,28). The number of carbonyl (C=O) groups excluding carboxylic acids is 3. The number of nitrogens with one attached hydrogen (secondary N) is 2. The molecular formula is C25H50N6O3. The van der Waals surface area contributed by atoms with E-state index >= 15 is 0 Å². The molecule has 0 heterocycles. The van der Waals surface area contributed by atoms with Crippen LogP contribution in [0.15, 0.2) is 4.99 Å². The van der Waals surface area contributed by atoms with Crippen LogP contribution in [0.25, 0.3) is 0 Å². The summed E-state index contributed by atoms with van der Waals surface area (Å²) in [6, 6.07) is 0. The Morgan fingerprint density at radius 1 is 0.559 bits per heavy atom. The number of aliphatic imine (C=N–C) groups is 1. The molecule has 0 atom stereocenters. The lowest BCUT2D eigenvalue weighted by molar-refractivity contribution is -0.128. The third-order valence-electron chi connectivity index (χ3n) is 5.96. The highest BCUT2D eigenvalue weighted by Gasteiger charge is 2.04. The first-order valence-corrected chi connectivity index (χ1v) is 12.8. The molecule has 0 bridgehead atoms. The molecule has 0 unspecified atom stereocenters. The number of hydrogen-bond donors (Lipinski definition) is 2. The van der Waals surface area contributed by atoms with Gasteiger partial charge in [-0.05, 0) is 57.8 Å². The molecule has 0 saturated heterocycles. The van der Waals surface area contributed by atoms with Crippen molar-refractivity contribution >= 4 is 23.7 Å². The van der Waals surface area contributed by atoms with Crippen molar-refractivity contribution in [2.75, 3.05) is 60.4 Å². The Hall–Kier alpha value is -2.32. The lowest BCUT2D eigenvalue weighted by atomic mass is 10.2. The number of rotatable bonds is 18. The average Bonchev–Trinajstić information content (AvgIpc) is 2.78. The molecule has 0 radical (unpaired) electrons. The third kappa shape index (κ3) is 18.1. The van der Waals surface area contributed by atoms with Crippen LogP contribution in [0, 0.1) is 0 Å². The molecule has 0 spiro atoms. The molecule has 2 N–H and O–H groups in total. The van der Waals surface area contributed by atoms with Gasteiger partial charge in [0.15, 0.2) is 5.96 Å². The Bertz CT molecular complexity index is 577. The minimum atomic E-state index is 0.106. The van der Waals surface area contributed by atoms with E-state index < -0.39 is 0 Å². The van der Waals surface area contributed by atoms with Crippen LogP contribution < -0.4 is 10.6 Å². The van der Waals surface area contributed by atoms with Crippen molar-refractivity contribution in [1.29, 1.82) is 0 Å². The first-order valence-electron chi connectivity index (χ1n) is 12.8. The monoisotopic (exact) mass is 482 g/mol. The van der Waals surface area contributed by atoms with E-state index in [2.05, 4.69) is 10.6 Å². The van der Waals surface area contributed by atoms with Gasteiger partial charge in [-0.3, -0.25) is 19.4 Å². The molecule has 198 valence electrons. The predicted octanol–water partition coefficient (Wildman–Crippen LogP) is 2.47. The number of hydrogen-bond acceptors (Lipinski definition) is 4. The van der Waals surface area contributed by atoms with E-state index in [4.69, 9.17) is 4.99 Å². The predicted molar refractivity (Wildman–Crippen MR) is 140 cm³/mol. The van der Waals surface area contributed by atoms with Crippen molar-refractivity contribution in [3.05, 3.63) is 0 Å². The molecule has 0 rings (SSSR count). The normalized spacial score (nSPS) is 10.4. The third-order valence-corrected chi connectivity index (χ3v) is 5.96. The highest BCUT2D eigenvalue weighted by Crippen LogP contribution is 2.00. The highest BCUT2D eigenvalue weighted by molar-refractivity contribution is 5.79. The Morgan fingerprint density at radius 3 is 1.26 bits per heavy atom. The van der Waals surface area contributed by atoms with Gasteiger partial charge in [0.25, 0.3) is 0 Å². The summed E-state index contributed by atoms with van der Waals surface area (Å²) in [7, 11) is 5.51. The maximum Gasteiger partial charge on any atom is 0.219 e. The smallest absolute Gasteiger partial charge is 0.219 e. The van der Waals surface area contributed by atoms with E-state index in [9.17, 15) is 14.4 Å². The van der Waals surface area contributed by atoms with Crippen molar-refractivity contribution in [3.63, 3.8) is 0 Å². The van der Waals surface area contributed by atoms with Crippen molar-refractivity contribution < 1.29 is 14.4 Å². The van der Waals surface area contributed by atoms with Gasteiger partial charge < -0.3 is 25.3 Å². The fourth-order valence-electron chi connectivity index (χ4n) is 3.19. The molecule has 0 aromatic carbocycles. The minimum Gasteiger partial charge on any atom is -0.356 e. The van der Waals surface area contributed by atoms with Crippen molar-refractivity contribution in [1.82, 2.24) is 25.3 Å². The molecule has 0 aliphatic rings. The number of carbonyl (C=O) groups is 3. The Labute approximate surface area is 207 Å². The molecule has 9 nitrogen and oxygen atoms in total. The van der Waals surface area contributed by atoms with Crippen molar-refractivity contribution in [2.45, 2.75) is 78.6 Å². The topological polar surface area (TPSA) is 97.3 Å². The number of nitrogens with zero attached hydrogens (tertiary/aromatic N) is 4. The molecule has 0 saturated carbocycles. The van der Waals surface area contributed by atoms with Crippen LogP contribution in [-0.4, -0.2) is 98.8 Å². The lowest BCUT2D eigenvalue weighted by Gasteiger charge is -2.16. The second kappa shape index (κ2) is 20.1.